The lowest BCUT2D eigenvalue weighted by Gasteiger charge is -2.33. The van der Waals surface area contributed by atoms with E-state index in [0.29, 0.717) is 43.9 Å². The molecule has 0 radical (unpaired) electrons. The first-order valence-electron chi connectivity index (χ1n) is 7.41. The number of ether oxygens (including phenoxy) is 1. The van der Waals surface area contributed by atoms with Crippen LogP contribution < -0.4 is 0 Å². The van der Waals surface area contributed by atoms with E-state index >= 15 is 0 Å². The summed E-state index contributed by atoms with van der Waals surface area (Å²) in [5.74, 6) is 1.11. The Hall–Kier alpha value is -0.750. The van der Waals surface area contributed by atoms with Gasteiger partial charge in [0.05, 0.1) is 24.7 Å². The molecule has 2 saturated heterocycles. The van der Waals surface area contributed by atoms with Crippen LogP contribution >= 0.6 is 11.8 Å². The number of nitrogens with zero attached hydrogens (tertiary/aromatic N) is 2. The molecule has 20 heavy (non-hydrogen) atoms. The highest BCUT2D eigenvalue weighted by molar-refractivity contribution is 8.00. The summed E-state index contributed by atoms with van der Waals surface area (Å²) in [5, 5.41) is 0. The minimum absolute atomic E-state index is 0.123. The first kappa shape index (κ1) is 15.6. The number of hydrogen-bond donors (Lipinski definition) is 0. The predicted molar refractivity (Wildman–Crippen MR) is 79.8 cm³/mol. The zero-order valence-electron chi connectivity index (χ0n) is 12.2. The van der Waals surface area contributed by atoms with Gasteiger partial charge in [-0.25, -0.2) is 0 Å². The van der Waals surface area contributed by atoms with E-state index in [1.165, 1.54) is 18.2 Å². The van der Waals surface area contributed by atoms with E-state index in [4.69, 9.17) is 4.74 Å². The SMILES string of the molecule is CC1CCCCN1C(=O)CSCC(=O)N1CCOCC1. The van der Waals surface area contributed by atoms with Crippen LogP contribution in [0.4, 0.5) is 0 Å². The van der Waals surface area contributed by atoms with Crippen molar-refractivity contribution in [3.8, 4) is 0 Å². The van der Waals surface area contributed by atoms with Crippen LogP contribution in [0.15, 0.2) is 0 Å². The van der Waals surface area contributed by atoms with Crippen LogP contribution in [0.3, 0.4) is 0 Å². The quantitative estimate of drug-likeness (QED) is 0.776. The van der Waals surface area contributed by atoms with E-state index in [2.05, 4.69) is 6.92 Å². The number of rotatable bonds is 4. The molecule has 0 spiro atoms. The van der Waals surface area contributed by atoms with Gasteiger partial charge in [-0.15, -0.1) is 11.8 Å². The monoisotopic (exact) mass is 300 g/mol. The molecule has 2 heterocycles. The van der Waals surface area contributed by atoms with Crippen molar-refractivity contribution >= 4 is 23.6 Å². The van der Waals surface area contributed by atoms with Crippen molar-refractivity contribution in [3.05, 3.63) is 0 Å². The van der Waals surface area contributed by atoms with Gasteiger partial charge in [-0.05, 0) is 26.2 Å². The summed E-state index contributed by atoms with van der Waals surface area (Å²) in [7, 11) is 0. The van der Waals surface area contributed by atoms with E-state index in [1.54, 1.807) is 0 Å². The van der Waals surface area contributed by atoms with Gasteiger partial charge in [0.1, 0.15) is 0 Å². The van der Waals surface area contributed by atoms with Crippen LogP contribution in [-0.2, 0) is 14.3 Å². The summed E-state index contributed by atoms with van der Waals surface area (Å²) in [6.45, 7) is 5.59. The van der Waals surface area contributed by atoms with Crippen molar-refractivity contribution in [2.45, 2.75) is 32.2 Å². The van der Waals surface area contributed by atoms with Crippen LogP contribution in [0.25, 0.3) is 0 Å². The molecule has 0 aromatic heterocycles. The number of carbonyl (C=O) groups excluding carboxylic acids is 2. The number of likely N-dealkylation sites (tertiary alicyclic amines) is 1. The summed E-state index contributed by atoms with van der Waals surface area (Å²) in [6, 6.07) is 0.354. The number of morpholine rings is 1. The zero-order chi connectivity index (χ0) is 14.4. The van der Waals surface area contributed by atoms with Crippen LogP contribution in [0, 0.1) is 0 Å². The molecule has 0 aromatic carbocycles. The number of thioether (sulfide) groups is 1. The topological polar surface area (TPSA) is 49.9 Å². The second kappa shape index (κ2) is 7.88. The molecule has 2 fully saturated rings. The summed E-state index contributed by atoms with van der Waals surface area (Å²) >= 11 is 1.44. The van der Waals surface area contributed by atoms with Crippen molar-refractivity contribution in [1.29, 1.82) is 0 Å². The molecule has 0 aliphatic carbocycles. The van der Waals surface area contributed by atoms with E-state index in [9.17, 15) is 9.59 Å². The highest BCUT2D eigenvalue weighted by Gasteiger charge is 2.23. The third kappa shape index (κ3) is 4.38. The molecule has 5 nitrogen and oxygen atoms in total. The molecule has 0 saturated carbocycles. The highest BCUT2D eigenvalue weighted by Crippen LogP contribution is 2.18. The molecular weight excluding hydrogens is 276 g/mol. The molecule has 1 unspecified atom stereocenters. The summed E-state index contributed by atoms with van der Waals surface area (Å²) in [5.41, 5.74) is 0. The van der Waals surface area contributed by atoms with Gasteiger partial charge >= 0.3 is 0 Å². The average molecular weight is 300 g/mol. The first-order chi connectivity index (χ1) is 9.68. The molecule has 2 rings (SSSR count). The lowest BCUT2D eigenvalue weighted by molar-refractivity contribution is -0.132. The molecule has 0 N–H and O–H groups in total. The van der Waals surface area contributed by atoms with Crippen molar-refractivity contribution in [1.82, 2.24) is 9.80 Å². The van der Waals surface area contributed by atoms with E-state index in [-0.39, 0.29) is 11.8 Å². The van der Waals surface area contributed by atoms with Crippen molar-refractivity contribution in [3.63, 3.8) is 0 Å². The maximum absolute atomic E-state index is 12.1. The Morgan fingerprint density at radius 1 is 1.10 bits per heavy atom. The maximum Gasteiger partial charge on any atom is 0.232 e. The van der Waals surface area contributed by atoms with Crippen LogP contribution in [-0.4, -0.2) is 72.0 Å². The fourth-order valence-electron chi connectivity index (χ4n) is 2.68. The lowest BCUT2D eigenvalue weighted by atomic mass is 10.0. The van der Waals surface area contributed by atoms with Crippen molar-refractivity contribution < 1.29 is 14.3 Å². The van der Waals surface area contributed by atoms with E-state index < -0.39 is 0 Å². The molecule has 2 aliphatic rings. The first-order valence-corrected chi connectivity index (χ1v) is 8.56. The highest BCUT2D eigenvalue weighted by atomic mass is 32.2. The molecule has 1 atom stereocenters. The molecule has 0 aromatic rings. The minimum atomic E-state index is 0.123. The smallest absolute Gasteiger partial charge is 0.232 e. The predicted octanol–water partition coefficient (Wildman–Crippen LogP) is 0.979. The van der Waals surface area contributed by atoms with Crippen LogP contribution in [0.1, 0.15) is 26.2 Å². The Bertz CT molecular complexity index is 345. The molecule has 2 amide bonds. The average Bonchev–Trinajstić information content (AvgIpc) is 2.48. The van der Waals surface area contributed by atoms with Gasteiger partial charge in [0.25, 0.3) is 0 Å². The molecular formula is C14H24N2O3S. The third-order valence-electron chi connectivity index (χ3n) is 3.94. The second-order valence-corrected chi connectivity index (χ2v) is 6.40. The zero-order valence-corrected chi connectivity index (χ0v) is 13.0. The van der Waals surface area contributed by atoms with E-state index in [1.807, 2.05) is 9.80 Å². The maximum atomic E-state index is 12.1. The Morgan fingerprint density at radius 3 is 2.50 bits per heavy atom. The Morgan fingerprint density at radius 2 is 1.80 bits per heavy atom. The van der Waals surface area contributed by atoms with Gasteiger partial charge in [0.2, 0.25) is 11.8 Å². The number of hydrogen-bond acceptors (Lipinski definition) is 4. The Balaban J connectivity index is 1.66. The van der Waals surface area contributed by atoms with Gasteiger partial charge in [-0.2, -0.15) is 0 Å². The minimum Gasteiger partial charge on any atom is -0.378 e. The van der Waals surface area contributed by atoms with Crippen molar-refractivity contribution in [2.75, 3.05) is 44.4 Å². The van der Waals surface area contributed by atoms with Crippen molar-refractivity contribution in [2.24, 2.45) is 0 Å². The van der Waals surface area contributed by atoms with Gasteiger partial charge in [0.15, 0.2) is 0 Å². The second-order valence-electron chi connectivity index (χ2n) is 5.42. The van der Waals surface area contributed by atoms with Gasteiger partial charge in [-0.3, -0.25) is 9.59 Å². The van der Waals surface area contributed by atoms with Crippen LogP contribution in [0.5, 0.6) is 0 Å². The molecule has 0 bridgehead atoms. The lowest BCUT2D eigenvalue weighted by Crippen LogP contribution is -2.43. The number of carbonyl (C=O) groups is 2. The summed E-state index contributed by atoms with van der Waals surface area (Å²) in [4.78, 5) is 27.9. The van der Waals surface area contributed by atoms with Crippen LogP contribution in [0.2, 0.25) is 0 Å². The summed E-state index contributed by atoms with van der Waals surface area (Å²) in [6.07, 6.45) is 3.42. The fraction of sp³-hybridized carbons (Fsp3) is 0.857. The Labute approximate surface area is 125 Å². The standard InChI is InChI=1S/C14H24N2O3S/c1-12-4-2-3-5-16(12)14(18)11-20-10-13(17)15-6-8-19-9-7-15/h12H,2-11H2,1H3. The van der Waals surface area contributed by atoms with Gasteiger partial charge in [0, 0.05) is 25.7 Å². The van der Waals surface area contributed by atoms with E-state index in [0.717, 1.165) is 19.4 Å². The summed E-state index contributed by atoms with van der Waals surface area (Å²) < 4.78 is 5.22. The Kier molecular flexibility index (Phi) is 6.16. The normalized spacial score (nSPS) is 23.8. The van der Waals surface area contributed by atoms with Gasteiger partial charge in [-0.1, -0.05) is 0 Å². The molecule has 2 aliphatic heterocycles. The fourth-order valence-corrected chi connectivity index (χ4v) is 3.48. The largest absolute Gasteiger partial charge is 0.378 e. The third-order valence-corrected chi connectivity index (χ3v) is 4.84. The van der Waals surface area contributed by atoms with Gasteiger partial charge < -0.3 is 14.5 Å². The number of amides is 2. The number of piperidine rings is 1. The molecule has 6 heteroatoms. The molecule has 114 valence electrons.